The van der Waals surface area contributed by atoms with Gasteiger partial charge >= 0.3 is 59.4 Å². The molecule has 0 aliphatic carbocycles. The maximum absolute atomic E-state index is 12.9. The third-order valence-electron chi connectivity index (χ3n) is 17.0. The first-order valence-electron chi connectivity index (χ1n) is 35.5. The molecular weight excluding hydrogens is 1890 g/mol. The van der Waals surface area contributed by atoms with Gasteiger partial charge in [0.1, 0.15) is 28.7 Å². The number of nitrogens with one attached hydrogen (secondary N) is 1. The Morgan fingerprint density at radius 1 is 0.475 bits per heavy atom. The molecule has 29 nitrogen and oxygen atoms in total. The van der Waals surface area contributed by atoms with Crippen LogP contribution in [0.2, 0.25) is 0 Å². The Morgan fingerprint density at radius 2 is 0.795 bits per heavy atom. The molecule has 0 unspecified atom stereocenters. The second-order valence-corrected chi connectivity index (χ2v) is 34.8. The summed E-state index contributed by atoms with van der Waals surface area (Å²) in [5.74, 6) is -0.459. The van der Waals surface area contributed by atoms with Gasteiger partial charge in [0, 0.05) is 85.1 Å². The zero-order chi connectivity index (χ0) is 86.6. The molecule has 0 atom stereocenters. The second-order valence-electron chi connectivity index (χ2n) is 24.9. The van der Waals surface area contributed by atoms with Gasteiger partial charge < -0.3 is 44.5 Å². The summed E-state index contributed by atoms with van der Waals surface area (Å²) in [5, 5.41) is 26.1. The van der Waals surface area contributed by atoms with Crippen molar-refractivity contribution in [1.29, 1.82) is 0 Å². The number of pyridine rings is 3. The van der Waals surface area contributed by atoms with Crippen LogP contribution in [0.5, 0.6) is 28.7 Å². The molecule has 39 heteroatoms. The number of hydrogen-bond acceptors (Lipinski definition) is 23. The molecule has 0 radical (unpaired) electrons. The van der Waals surface area contributed by atoms with Crippen molar-refractivity contribution in [1.82, 2.24) is 32.6 Å². The van der Waals surface area contributed by atoms with Crippen molar-refractivity contribution in [3.63, 3.8) is 0 Å². The molecule has 0 bridgehead atoms. The third kappa shape index (κ3) is 29.2. The summed E-state index contributed by atoms with van der Waals surface area (Å²) < 4.78 is 148. The van der Waals surface area contributed by atoms with E-state index in [9.17, 15) is 62.0 Å². The fraction of sp³-hybridized carbons (Fsp3) is 0.181. The Morgan fingerprint density at radius 3 is 1.10 bits per heavy atom. The van der Waals surface area contributed by atoms with Crippen LogP contribution in [0.25, 0.3) is 0 Å². The van der Waals surface area contributed by atoms with Crippen molar-refractivity contribution in [2.75, 3.05) is 28.5 Å². The minimum atomic E-state index is -3.61. The Bertz CT molecular complexity index is 5840. The number of benzene rings is 8. The number of aromatic hydroxyl groups is 1. The number of esters is 3. The molecule has 642 valence electrons. The van der Waals surface area contributed by atoms with Crippen molar-refractivity contribution in [2.24, 2.45) is 0 Å². The molecule has 122 heavy (non-hydrogen) atoms. The fourth-order valence-electron chi connectivity index (χ4n) is 11.2. The minimum Gasteiger partial charge on any atom is -0.870 e. The first kappa shape index (κ1) is 103. The van der Waals surface area contributed by atoms with Crippen LogP contribution in [0.4, 0.5) is 4.39 Å². The molecule has 11 aromatic rings. The molecule has 7 heterocycles. The fourth-order valence-corrected chi connectivity index (χ4v) is 18.4. The average Bonchev–Trinajstić information content (AvgIpc) is 1.63. The number of alkyl halides is 2. The summed E-state index contributed by atoms with van der Waals surface area (Å²) in [4.78, 5) is 67.2. The number of carbonyl (C=O) groups is 5. The first-order chi connectivity index (χ1) is 56.8. The number of carbonyl (C=O) groups excluding carboxylic acids is 3. The zero-order valence-electron chi connectivity index (χ0n) is 66.0. The van der Waals surface area contributed by atoms with Gasteiger partial charge in [0.05, 0.1) is 90.3 Å². The number of carboxylic acid groups (broad SMARTS) is 2. The predicted octanol–water partition coefficient (Wildman–Crippen LogP) is 12.9. The van der Waals surface area contributed by atoms with Crippen molar-refractivity contribution in [3.8, 4) is 28.7 Å². The number of fused-ring (bicyclic) bond motifs is 4. The molecule has 5 N–H and O–H groups in total. The van der Waals surface area contributed by atoms with Crippen molar-refractivity contribution < 1.29 is 137 Å². The number of methoxy groups -OCH3 is 3. The van der Waals surface area contributed by atoms with Gasteiger partial charge in [-0.25, -0.2) is 57.6 Å². The molecule has 0 saturated carbocycles. The summed E-state index contributed by atoms with van der Waals surface area (Å²) in [6, 6.07) is 57.3. The molecule has 0 spiro atoms. The quantitative estimate of drug-likeness (QED) is 0.0302. The van der Waals surface area contributed by atoms with Gasteiger partial charge in [0.25, 0.3) is 0 Å². The molecule has 0 saturated heterocycles. The summed E-state index contributed by atoms with van der Waals surface area (Å²) in [6.07, 6.45) is 9.69. The normalized spacial score (nSPS) is 13.8. The maximum Gasteiger partial charge on any atom is 1.00 e. The van der Waals surface area contributed by atoms with Gasteiger partial charge in [-0.2, -0.15) is 12.9 Å². The number of carboxylic acids is 2. The van der Waals surface area contributed by atoms with E-state index in [0.29, 0.717) is 79.3 Å². The Hall–Kier alpha value is -9.78. The van der Waals surface area contributed by atoms with Gasteiger partial charge in [0.2, 0.25) is 40.1 Å². The van der Waals surface area contributed by atoms with Gasteiger partial charge in [-0.15, -0.1) is 12.4 Å². The number of hydrogen-bond donors (Lipinski definition) is 4. The Balaban J connectivity index is 0.000000316. The molecule has 4 aliphatic heterocycles. The van der Waals surface area contributed by atoms with Crippen LogP contribution < -0.4 is 43.8 Å². The van der Waals surface area contributed by atoms with Crippen LogP contribution in [0, 0.1) is 0 Å². The van der Waals surface area contributed by atoms with E-state index >= 15 is 0 Å². The van der Waals surface area contributed by atoms with Crippen LogP contribution in [0.1, 0.15) is 108 Å². The van der Waals surface area contributed by atoms with Crippen LogP contribution in [-0.4, -0.2) is 141 Å². The predicted molar refractivity (Wildman–Crippen MR) is 459 cm³/mol. The number of sulfonamides is 4. The first-order valence-corrected chi connectivity index (χ1v) is 43.3. The molecule has 8 aromatic carbocycles. The second kappa shape index (κ2) is 49.5. The minimum absolute atomic E-state index is 0. The number of nitrogens with zero attached hydrogens (tertiary/aromatic N) is 6. The SMILES string of the molecule is C.CCC(=O)O.COC(=O)c1ccc(CBr)cc1.COC(=O)c1ccc(CN2Cc3cc(Br)ccc3S2(=O)=O)cc1.COC(=O)c1ccc(CN2Cc3cc(Oc4cccnc4)ccc3S2(=O)=O)cc1.Cl.O=C(O)c1ccc(CN2Cc3cc(Oc4cccnc4)ccc3S2(=O)=O)cc1.O=S1(=O)NCc2cc(Br)ccc21.Oc1cccnc1.[2H]CF.[Na+].[OH-]. The van der Waals surface area contributed by atoms with E-state index in [4.69, 9.17) is 26.2 Å². The van der Waals surface area contributed by atoms with Crippen LogP contribution in [-0.2, 0) is 110 Å². The van der Waals surface area contributed by atoms with Gasteiger partial charge in [-0.3, -0.25) is 24.1 Å². The molecule has 0 amide bonds. The summed E-state index contributed by atoms with van der Waals surface area (Å²) in [5.41, 5.74) is 7.99. The number of ether oxygens (including phenoxy) is 5. The molecular formula is C83H83Br3ClFN7NaO22S4. The summed E-state index contributed by atoms with van der Waals surface area (Å²) in [6.45, 7) is 3.45. The number of aromatic carboxylic acids is 1. The standard InChI is InChI=1S/C21H18N2O5S.C20H16N2O5S.C16H14BrNO4S.C9H9BrO2.C7H6BrNO2S.C5H5NO.C3H6O2.CH3F.CH4.ClH.Na.H2O/c1-27-21(24)16-6-4-15(5-7-16)13-23-14-17-11-18(8-9-20(17)29(23,25)26)28-19-3-2-10-22-12-19;23-20(24)15-5-3-14(4-6-15)12-22-13-16-10-17(7-8-19(16)28(22,25)26)27-18-2-1-9-21-11-18;1-22-16(19)12-4-2-11(3-5-12)9-18-10-13-8-14(17)6-7-15(13)23(18,20)21;1-12-9(11)8-4-2-7(6-10)3-5-8;8-6-1-2-7-5(3-6)4-9-12(7,10)11;7-5-2-1-3-6-4-5;1-2-3(4)5;1-2;;;;/h2-12H,13-14H2,1H3;1-11H,12-13H2,(H,23,24);2-8H,9-10H2,1H3;2-5H,6H2,1H3;1-3,9H,4H2;1-4,7H;2H2,1H3,(H,4,5);1H3;1H4;1H;;1H2/q;;;;;;;;;;+1;/p-1/i;;;;;;;1D;;;;. The van der Waals surface area contributed by atoms with Crippen molar-refractivity contribution >= 4 is 130 Å². The molecule has 15 rings (SSSR count). The van der Waals surface area contributed by atoms with E-state index in [1.54, 1.807) is 208 Å². The van der Waals surface area contributed by atoms with Crippen molar-refractivity contribution in [3.05, 3.63) is 319 Å². The number of halogens is 5. The zero-order valence-corrected chi connectivity index (χ0v) is 75.9. The van der Waals surface area contributed by atoms with Gasteiger partial charge in [-0.05, 0) is 202 Å². The van der Waals surface area contributed by atoms with E-state index in [-0.39, 0.29) is 121 Å². The number of aliphatic carboxylic acids is 1. The van der Waals surface area contributed by atoms with Crippen LogP contribution in [0.15, 0.2) is 272 Å². The van der Waals surface area contributed by atoms with E-state index < -0.39 is 71.1 Å². The Labute approximate surface area is 761 Å². The number of aromatic nitrogens is 3. The summed E-state index contributed by atoms with van der Waals surface area (Å²) >= 11 is 9.96. The Kier molecular flexibility index (Phi) is 41.7. The van der Waals surface area contributed by atoms with E-state index in [0.717, 1.165) is 42.1 Å². The smallest absolute Gasteiger partial charge is 0.870 e. The maximum atomic E-state index is 12.9. The monoisotopic (exact) mass is 1970 g/mol. The average molecular weight is 1980 g/mol. The topological polar surface area (TPSA) is 419 Å². The van der Waals surface area contributed by atoms with Gasteiger partial charge in [-0.1, -0.05) is 111 Å². The number of rotatable bonds is 16. The molecule has 0 fully saturated rings. The van der Waals surface area contributed by atoms with Crippen molar-refractivity contribution in [2.45, 2.75) is 91.5 Å². The molecule has 4 aliphatic rings. The van der Waals surface area contributed by atoms with Crippen LogP contribution in [0.3, 0.4) is 0 Å². The summed E-state index contributed by atoms with van der Waals surface area (Å²) in [7, 11) is -10.9. The van der Waals surface area contributed by atoms with E-state index in [2.05, 4.69) is 81.7 Å². The largest absolute Gasteiger partial charge is 1.00 e. The third-order valence-corrected chi connectivity index (χ3v) is 25.8. The molecule has 3 aromatic heterocycles. The van der Waals surface area contributed by atoms with E-state index in [1.165, 1.54) is 52.6 Å². The van der Waals surface area contributed by atoms with E-state index in [1.807, 2.05) is 24.3 Å². The van der Waals surface area contributed by atoms with Gasteiger partial charge in [0.15, 0.2) is 0 Å². The van der Waals surface area contributed by atoms with Crippen LogP contribution >= 0.6 is 60.2 Å².